The summed E-state index contributed by atoms with van der Waals surface area (Å²) in [6.07, 6.45) is -0.143. The van der Waals surface area contributed by atoms with Crippen molar-refractivity contribution < 1.29 is 23.7 Å². The predicted octanol–water partition coefficient (Wildman–Crippen LogP) is 3.41. The highest BCUT2D eigenvalue weighted by molar-refractivity contribution is 5.90. The minimum Gasteiger partial charge on any atom is -0.490 e. The minimum absolute atomic E-state index is 0.143. The van der Waals surface area contributed by atoms with E-state index in [0.717, 1.165) is 5.56 Å². The van der Waals surface area contributed by atoms with Gasteiger partial charge in [0.25, 0.3) is 0 Å². The summed E-state index contributed by atoms with van der Waals surface area (Å²) in [5.74, 6) is -0.368. The van der Waals surface area contributed by atoms with Gasteiger partial charge in [0.1, 0.15) is 18.5 Å². The quantitative estimate of drug-likeness (QED) is 0.575. The monoisotopic (exact) mass is 411 g/mol. The molecule has 0 spiro atoms. The van der Waals surface area contributed by atoms with Gasteiger partial charge in [-0.25, -0.2) is 14.3 Å². The third kappa shape index (κ3) is 4.01. The second-order valence-corrected chi connectivity index (χ2v) is 7.51. The number of esters is 1. The number of hydrogen-bond acceptors (Lipinski definition) is 7. The summed E-state index contributed by atoms with van der Waals surface area (Å²) in [6, 6.07) is 11.3. The number of aromatic nitrogens is 3. The summed E-state index contributed by atoms with van der Waals surface area (Å²) >= 11 is 0. The van der Waals surface area contributed by atoms with E-state index in [1.54, 1.807) is 13.8 Å². The average molecular weight is 411 g/mol. The Bertz CT molecular complexity index is 1080. The zero-order valence-corrected chi connectivity index (χ0v) is 17.5. The Balaban J connectivity index is 1.64. The number of fused-ring (bicyclic) bond motifs is 1. The SMILES string of the molecule is CCOC(=O)c1c(C)nc2ccc(-c3ccccc3OC[C@@H]3COC(C)(C)O3)nn12. The molecule has 0 bridgehead atoms. The lowest BCUT2D eigenvalue weighted by atomic mass is 10.1. The number of imidazole rings is 1. The van der Waals surface area contributed by atoms with Gasteiger partial charge in [-0.1, -0.05) is 12.1 Å². The first-order valence-electron chi connectivity index (χ1n) is 9.95. The van der Waals surface area contributed by atoms with E-state index < -0.39 is 11.8 Å². The van der Waals surface area contributed by atoms with E-state index in [0.29, 0.717) is 41.7 Å². The molecule has 0 aliphatic carbocycles. The molecule has 0 saturated carbocycles. The second kappa shape index (κ2) is 8.04. The zero-order chi connectivity index (χ0) is 21.3. The fourth-order valence-corrected chi connectivity index (χ4v) is 3.45. The molecular weight excluding hydrogens is 386 g/mol. The summed E-state index contributed by atoms with van der Waals surface area (Å²) in [7, 11) is 0. The van der Waals surface area contributed by atoms with Crippen LogP contribution in [0.25, 0.3) is 16.9 Å². The largest absolute Gasteiger partial charge is 0.490 e. The number of carbonyl (C=O) groups is 1. The van der Waals surface area contributed by atoms with Crippen LogP contribution in [0.15, 0.2) is 36.4 Å². The number of carbonyl (C=O) groups excluding carboxylic acids is 1. The van der Waals surface area contributed by atoms with Crippen LogP contribution in [-0.2, 0) is 14.2 Å². The molecule has 0 radical (unpaired) electrons. The molecule has 2 aromatic heterocycles. The van der Waals surface area contributed by atoms with Crippen LogP contribution in [0, 0.1) is 6.92 Å². The third-order valence-electron chi connectivity index (χ3n) is 4.78. The van der Waals surface area contributed by atoms with Crippen molar-refractivity contribution in [3.63, 3.8) is 0 Å². The number of hydrogen-bond donors (Lipinski definition) is 0. The standard InChI is InChI=1S/C22H25N3O5/c1-5-27-21(26)20-14(2)23-19-11-10-17(24-25(19)20)16-8-6-7-9-18(16)28-12-15-13-29-22(3,4)30-15/h6-11,15H,5,12-13H2,1-4H3/t15-/m1/s1. The molecule has 0 amide bonds. The molecule has 158 valence electrons. The lowest BCUT2D eigenvalue weighted by molar-refractivity contribution is -0.141. The highest BCUT2D eigenvalue weighted by Crippen LogP contribution is 2.30. The van der Waals surface area contributed by atoms with Gasteiger partial charge in [0.2, 0.25) is 0 Å². The van der Waals surface area contributed by atoms with Crippen LogP contribution in [0.1, 0.15) is 37.0 Å². The molecule has 1 aromatic carbocycles. The maximum atomic E-state index is 12.4. The van der Waals surface area contributed by atoms with Gasteiger partial charge in [0.15, 0.2) is 17.1 Å². The fraction of sp³-hybridized carbons (Fsp3) is 0.409. The maximum Gasteiger partial charge on any atom is 0.358 e. The summed E-state index contributed by atoms with van der Waals surface area (Å²) in [5.41, 5.74) is 2.94. The van der Waals surface area contributed by atoms with Crippen molar-refractivity contribution >= 4 is 11.6 Å². The van der Waals surface area contributed by atoms with E-state index in [1.807, 2.05) is 50.2 Å². The van der Waals surface area contributed by atoms with Crippen LogP contribution in [0.3, 0.4) is 0 Å². The van der Waals surface area contributed by atoms with Crippen LogP contribution in [-0.4, -0.2) is 52.3 Å². The van der Waals surface area contributed by atoms with Gasteiger partial charge in [-0.05, 0) is 52.0 Å². The van der Waals surface area contributed by atoms with E-state index in [1.165, 1.54) is 4.52 Å². The summed E-state index contributed by atoms with van der Waals surface area (Å²) in [6.45, 7) is 8.43. The number of ether oxygens (including phenoxy) is 4. The lowest BCUT2D eigenvalue weighted by Gasteiger charge is -2.18. The number of rotatable bonds is 6. The van der Waals surface area contributed by atoms with Crippen molar-refractivity contribution in [2.75, 3.05) is 19.8 Å². The Hall–Kier alpha value is -2.97. The van der Waals surface area contributed by atoms with Gasteiger partial charge >= 0.3 is 5.97 Å². The molecule has 8 heteroatoms. The zero-order valence-electron chi connectivity index (χ0n) is 17.5. The first-order valence-corrected chi connectivity index (χ1v) is 9.95. The molecule has 0 unspecified atom stereocenters. The maximum absolute atomic E-state index is 12.4. The van der Waals surface area contributed by atoms with Crippen LogP contribution >= 0.6 is 0 Å². The average Bonchev–Trinajstić information content (AvgIpc) is 3.24. The number of benzene rings is 1. The Kier molecular flexibility index (Phi) is 5.44. The van der Waals surface area contributed by atoms with E-state index in [2.05, 4.69) is 10.1 Å². The predicted molar refractivity (Wildman–Crippen MR) is 110 cm³/mol. The molecule has 4 rings (SSSR count). The second-order valence-electron chi connectivity index (χ2n) is 7.51. The Morgan fingerprint density at radius 2 is 2.07 bits per heavy atom. The van der Waals surface area contributed by atoms with Gasteiger partial charge < -0.3 is 18.9 Å². The molecule has 8 nitrogen and oxygen atoms in total. The molecule has 1 aliphatic heterocycles. The first kappa shape index (κ1) is 20.3. The summed E-state index contributed by atoms with van der Waals surface area (Å²) in [4.78, 5) is 16.8. The van der Waals surface area contributed by atoms with Crippen molar-refractivity contribution in [3.8, 4) is 17.0 Å². The molecule has 1 fully saturated rings. The lowest BCUT2D eigenvalue weighted by Crippen LogP contribution is -2.25. The Labute approximate surface area is 174 Å². The van der Waals surface area contributed by atoms with Crippen LogP contribution < -0.4 is 4.74 Å². The Morgan fingerprint density at radius 1 is 1.27 bits per heavy atom. The molecule has 1 saturated heterocycles. The summed E-state index contributed by atoms with van der Waals surface area (Å²) in [5, 5.41) is 4.65. The minimum atomic E-state index is -0.594. The molecule has 1 atom stereocenters. The molecular formula is C22H25N3O5. The van der Waals surface area contributed by atoms with Crippen molar-refractivity contribution in [1.82, 2.24) is 14.6 Å². The van der Waals surface area contributed by atoms with Gasteiger partial charge in [0.05, 0.1) is 24.6 Å². The number of para-hydroxylation sites is 1. The first-order chi connectivity index (χ1) is 14.4. The highest BCUT2D eigenvalue weighted by atomic mass is 16.7. The molecule has 1 aliphatic rings. The molecule has 30 heavy (non-hydrogen) atoms. The molecule has 3 heterocycles. The van der Waals surface area contributed by atoms with Crippen LogP contribution in [0.5, 0.6) is 5.75 Å². The highest BCUT2D eigenvalue weighted by Gasteiger charge is 2.33. The summed E-state index contributed by atoms with van der Waals surface area (Å²) < 4.78 is 24.1. The third-order valence-corrected chi connectivity index (χ3v) is 4.78. The van der Waals surface area contributed by atoms with Gasteiger partial charge in [-0.3, -0.25) is 0 Å². The van der Waals surface area contributed by atoms with E-state index in [4.69, 9.17) is 18.9 Å². The fourth-order valence-electron chi connectivity index (χ4n) is 3.45. The van der Waals surface area contributed by atoms with Crippen molar-refractivity contribution in [1.29, 1.82) is 0 Å². The van der Waals surface area contributed by atoms with Gasteiger partial charge in [-0.2, -0.15) is 5.10 Å². The van der Waals surface area contributed by atoms with E-state index in [9.17, 15) is 4.79 Å². The van der Waals surface area contributed by atoms with Crippen molar-refractivity contribution in [2.45, 2.75) is 39.6 Å². The van der Waals surface area contributed by atoms with Crippen molar-refractivity contribution in [3.05, 3.63) is 47.8 Å². The molecule has 0 N–H and O–H groups in total. The number of aryl methyl sites for hydroxylation is 1. The molecule has 3 aromatic rings. The topological polar surface area (TPSA) is 84.2 Å². The number of nitrogens with zero attached hydrogens (tertiary/aromatic N) is 3. The van der Waals surface area contributed by atoms with Gasteiger partial charge in [-0.15, -0.1) is 0 Å². The normalized spacial score (nSPS) is 17.9. The smallest absolute Gasteiger partial charge is 0.358 e. The van der Waals surface area contributed by atoms with E-state index >= 15 is 0 Å². The van der Waals surface area contributed by atoms with E-state index in [-0.39, 0.29) is 12.7 Å². The van der Waals surface area contributed by atoms with Gasteiger partial charge in [0, 0.05) is 5.56 Å². The van der Waals surface area contributed by atoms with Crippen molar-refractivity contribution in [2.24, 2.45) is 0 Å². The van der Waals surface area contributed by atoms with Crippen LogP contribution in [0.4, 0.5) is 0 Å². The Morgan fingerprint density at radius 3 is 2.80 bits per heavy atom. The van der Waals surface area contributed by atoms with Crippen LogP contribution in [0.2, 0.25) is 0 Å².